The van der Waals surface area contributed by atoms with Crippen LogP contribution in [0.4, 0.5) is 5.69 Å². The number of carbonyl (C=O) groups is 2. The molecule has 1 heterocycles. The van der Waals surface area contributed by atoms with Crippen LogP contribution in [0.15, 0.2) is 72.1 Å². The molecule has 0 atom stereocenters. The van der Waals surface area contributed by atoms with E-state index in [9.17, 15) is 19.7 Å². The minimum atomic E-state index is -0.537. The summed E-state index contributed by atoms with van der Waals surface area (Å²) >= 11 is 1.57. The molecule has 0 aliphatic heterocycles. The minimum Gasteiger partial charge on any atom is -0.332 e. The number of non-ortho nitro benzene ring substituents is 1. The fourth-order valence-corrected chi connectivity index (χ4v) is 4.00. The molecule has 7 nitrogen and oxygen atoms in total. The third-order valence-corrected chi connectivity index (χ3v) is 5.85. The number of benzene rings is 2. The SMILES string of the molecule is CC(C)N(CC(=O)N(Cc1ccccc1)Cc1cccs1)C(=O)c1cccc([N+](=O)[O-])c1. The summed E-state index contributed by atoms with van der Waals surface area (Å²) in [5.74, 6) is -0.595. The number of nitrogens with zero attached hydrogens (tertiary/aromatic N) is 3. The molecule has 0 N–H and O–H groups in total. The number of amides is 2. The van der Waals surface area contributed by atoms with E-state index in [0.29, 0.717) is 13.1 Å². The maximum Gasteiger partial charge on any atom is 0.270 e. The van der Waals surface area contributed by atoms with Crippen LogP contribution in [-0.4, -0.2) is 39.1 Å². The summed E-state index contributed by atoms with van der Waals surface area (Å²) < 4.78 is 0. The molecule has 0 unspecified atom stereocenters. The Balaban J connectivity index is 1.81. The van der Waals surface area contributed by atoms with Crippen LogP contribution in [-0.2, 0) is 17.9 Å². The number of hydrogen-bond donors (Lipinski definition) is 0. The molecule has 3 aromatic rings. The molecule has 0 saturated carbocycles. The zero-order valence-corrected chi connectivity index (χ0v) is 18.8. The summed E-state index contributed by atoms with van der Waals surface area (Å²) in [7, 11) is 0. The Morgan fingerprint density at radius 1 is 1.00 bits per heavy atom. The second kappa shape index (κ2) is 10.7. The van der Waals surface area contributed by atoms with Crippen LogP contribution in [0.2, 0.25) is 0 Å². The lowest BCUT2D eigenvalue weighted by molar-refractivity contribution is -0.384. The zero-order valence-electron chi connectivity index (χ0n) is 18.0. The van der Waals surface area contributed by atoms with E-state index in [0.717, 1.165) is 10.4 Å². The normalized spacial score (nSPS) is 10.7. The first kappa shape index (κ1) is 23.1. The lowest BCUT2D eigenvalue weighted by atomic mass is 10.1. The Morgan fingerprint density at radius 3 is 2.38 bits per heavy atom. The van der Waals surface area contributed by atoms with E-state index in [-0.39, 0.29) is 29.7 Å². The number of nitro groups is 1. The first-order chi connectivity index (χ1) is 15.3. The van der Waals surface area contributed by atoms with Gasteiger partial charge in [0, 0.05) is 35.2 Å². The van der Waals surface area contributed by atoms with Crippen molar-refractivity contribution >= 4 is 28.8 Å². The highest BCUT2D eigenvalue weighted by Crippen LogP contribution is 2.18. The van der Waals surface area contributed by atoms with Crippen LogP contribution < -0.4 is 0 Å². The molecule has 0 bridgehead atoms. The highest BCUT2D eigenvalue weighted by atomic mass is 32.1. The van der Waals surface area contributed by atoms with E-state index in [1.165, 1.54) is 29.2 Å². The second-order valence-electron chi connectivity index (χ2n) is 7.65. The van der Waals surface area contributed by atoms with E-state index in [4.69, 9.17) is 0 Å². The molecule has 166 valence electrons. The predicted molar refractivity (Wildman–Crippen MR) is 124 cm³/mol. The second-order valence-corrected chi connectivity index (χ2v) is 8.68. The van der Waals surface area contributed by atoms with Crippen LogP contribution in [0.3, 0.4) is 0 Å². The summed E-state index contributed by atoms with van der Waals surface area (Å²) in [6.07, 6.45) is 0. The third kappa shape index (κ3) is 6.01. The van der Waals surface area contributed by atoms with Crippen LogP contribution >= 0.6 is 11.3 Å². The minimum absolute atomic E-state index is 0.114. The highest BCUT2D eigenvalue weighted by molar-refractivity contribution is 7.09. The van der Waals surface area contributed by atoms with Gasteiger partial charge < -0.3 is 9.80 Å². The smallest absolute Gasteiger partial charge is 0.270 e. The fraction of sp³-hybridized carbons (Fsp3) is 0.250. The number of nitro benzene ring substituents is 1. The molecule has 0 aliphatic carbocycles. The van der Waals surface area contributed by atoms with Crippen molar-refractivity contribution in [3.8, 4) is 0 Å². The molecule has 32 heavy (non-hydrogen) atoms. The molecule has 0 radical (unpaired) electrons. The largest absolute Gasteiger partial charge is 0.332 e. The molecule has 0 fully saturated rings. The number of hydrogen-bond acceptors (Lipinski definition) is 5. The van der Waals surface area contributed by atoms with E-state index >= 15 is 0 Å². The first-order valence-corrected chi connectivity index (χ1v) is 11.1. The summed E-state index contributed by atoms with van der Waals surface area (Å²) in [6.45, 7) is 4.40. The lowest BCUT2D eigenvalue weighted by Crippen LogP contribution is -2.45. The maximum atomic E-state index is 13.3. The Labute approximate surface area is 191 Å². The average Bonchev–Trinajstić information content (AvgIpc) is 3.30. The number of carbonyl (C=O) groups excluding carboxylic acids is 2. The van der Waals surface area contributed by atoms with Crippen molar-refractivity contribution in [1.29, 1.82) is 0 Å². The topological polar surface area (TPSA) is 83.8 Å². The molecule has 3 rings (SSSR count). The fourth-order valence-electron chi connectivity index (χ4n) is 3.28. The summed E-state index contributed by atoms with van der Waals surface area (Å²) in [6, 6.07) is 18.9. The van der Waals surface area contributed by atoms with Crippen molar-refractivity contribution in [2.75, 3.05) is 6.54 Å². The third-order valence-electron chi connectivity index (χ3n) is 4.99. The molecular formula is C24H25N3O4S. The summed E-state index contributed by atoms with van der Waals surface area (Å²) in [5, 5.41) is 13.1. The van der Waals surface area contributed by atoms with Crippen LogP contribution in [0.1, 0.15) is 34.6 Å². The van der Waals surface area contributed by atoms with E-state index in [2.05, 4.69) is 0 Å². The van der Waals surface area contributed by atoms with Crippen molar-refractivity contribution < 1.29 is 14.5 Å². The molecule has 1 aromatic heterocycles. The lowest BCUT2D eigenvalue weighted by Gasteiger charge is -2.30. The molecule has 2 amide bonds. The average molecular weight is 452 g/mol. The Hall–Kier alpha value is -3.52. The Kier molecular flexibility index (Phi) is 7.72. The van der Waals surface area contributed by atoms with Crippen molar-refractivity contribution in [3.63, 3.8) is 0 Å². The monoisotopic (exact) mass is 451 g/mol. The van der Waals surface area contributed by atoms with Crippen LogP contribution in [0, 0.1) is 10.1 Å². The molecule has 8 heteroatoms. The summed E-state index contributed by atoms with van der Waals surface area (Å²) in [4.78, 5) is 41.2. The number of thiophene rings is 1. The molecule has 0 saturated heterocycles. The van der Waals surface area contributed by atoms with Gasteiger partial charge in [0.15, 0.2) is 0 Å². The van der Waals surface area contributed by atoms with Gasteiger partial charge in [-0.15, -0.1) is 11.3 Å². The van der Waals surface area contributed by atoms with Gasteiger partial charge in [0.2, 0.25) is 5.91 Å². The van der Waals surface area contributed by atoms with Crippen molar-refractivity contribution in [2.24, 2.45) is 0 Å². The summed E-state index contributed by atoms with van der Waals surface area (Å²) in [5.41, 5.74) is 1.03. The van der Waals surface area contributed by atoms with Gasteiger partial charge in [0.05, 0.1) is 11.5 Å². The standard InChI is InChI=1S/C24H25N3O4S/c1-18(2)26(24(29)20-10-6-11-21(14-20)27(30)31)17-23(28)25(16-22-12-7-13-32-22)15-19-8-4-3-5-9-19/h3-14,18H,15-17H2,1-2H3. The molecule has 2 aromatic carbocycles. The van der Waals surface area contributed by atoms with Crippen LogP contribution in [0.25, 0.3) is 0 Å². The number of rotatable bonds is 9. The molecular weight excluding hydrogens is 426 g/mol. The highest BCUT2D eigenvalue weighted by Gasteiger charge is 2.26. The van der Waals surface area contributed by atoms with E-state index in [1.807, 2.05) is 61.7 Å². The Bertz CT molecular complexity index is 1070. The van der Waals surface area contributed by atoms with Crippen LogP contribution in [0.5, 0.6) is 0 Å². The van der Waals surface area contributed by atoms with Gasteiger partial charge in [-0.1, -0.05) is 42.5 Å². The molecule has 0 spiro atoms. The van der Waals surface area contributed by atoms with Crippen molar-refractivity contribution in [1.82, 2.24) is 9.80 Å². The van der Waals surface area contributed by atoms with Gasteiger partial charge >= 0.3 is 0 Å². The molecule has 0 aliphatic rings. The van der Waals surface area contributed by atoms with Gasteiger partial charge in [-0.05, 0) is 36.9 Å². The first-order valence-electron chi connectivity index (χ1n) is 10.2. The zero-order chi connectivity index (χ0) is 23.1. The van der Waals surface area contributed by atoms with Crippen molar-refractivity contribution in [3.05, 3.63) is 98.2 Å². The van der Waals surface area contributed by atoms with Gasteiger partial charge in [-0.3, -0.25) is 19.7 Å². The predicted octanol–water partition coefficient (Wildman–Crippen LogP) is 4.74. The van der Waals surface area contributed by atoms with Gasteiger partial charge in [0.25, 0.3) is 11.6 Å². The maximum absolute atomic E-state index is 13.3. The van der Waals surface area contributed by atoms with Gasteiger partial charge in [-0.25, -0.2) is 0 Å². The van der Waals surface area contributed by atoms with Gasteiger partial charge in [0.1, 0.15) is 6.54 Å². The van der Waals surface area contributed by atoms with E-state index in [1.54, 1.807) is 16.2 Å². The van der Waals surface area contributed by atoms with E-state index < -0.39 is 10.8 Å². The van der Waals surface area contributed by atoms with Gasteiger partial charge in [-0.2, -0.15) is 0 Å². The Morgan fingerprint density at radius 2 is 1.75 bits per heavy atom. The van der Waals surface area contributed by atoms with Crippen molar-refractivity contribution in [2.45, 2.75) is 33.0 Å². The quantitative estimate of drug-likeness (QED) is 0.348.